The fourth-order valence-corrected chi connectivity index (χ4v) is 4.03. The number of hydrogen-bond acceptors (Lipinski definition) is 4. The lowest BCUT2D eigenvalue weighted by Crippen LogP contribution is -2.37. The van der Waals surface area contributed by atoms with Gasteiger partial charge in [-0.15, -0.1) is 0 Å². The summed E-state index contributed by atoms with van der Waals surface area (Å²) in [7, 11) is 0. The van der Waals surface area contributed by atoms with Crippen LogP contribution in [0.1, 0.15) is 64.0 Å². The van der Waals surface area contributed by atoms with Gasteiger partial charge in [0.1, 0.15) is 11.4 Å². The molecule has 3 rings (SSSR count). The minimum Gasteiger partial charge on any atom is -0.488 e. The van der Waals surface area contributed by atoms with E-state index in [1.54, 1.807) is 0 Å². The Hall–Kier alpha value is -2.86. The highest BCUT2D eigenvalue weighted by atomic mass is 16.5. The van der Waals surface area contributed by atoms with E-state index in [0.717, 1.165) is 42.6 Å². The number of hydrogen-bond donors (Lipinski definition) is 3. The first-order valence-electron chi connectivity index (χ1n) is 11.9. The molecule has 1 aliphatic rings. The highest BCUT2D eigenvalue weighted by Crippen LogP contribution is 2.24. The summed E-state index contributed by atoms with van der Waals surface area (Å²) in [6.45, 7) is 6.50. The maximum atomic E-state index is 12.5. The Morgan fingerprint density at radius 3 is 2.18 bits per heavy atom. The van der Waals surface area contributed by atoms with Crippen LogP contribution in [0.4, 0.5) is 5.69 Å². The van der Waals surface area contributed by atoms with Gasteiger partial charge in [0.2, 0.25) is 11.8 Å². The Morgan fingerprint density at radius 2 is 1.58 bits per heavy atom. The number of nitrogens with one attached hydrogen (secondary N) is 2. The van der Waals surface area contributed by atoms with E-state index >= 15 is 0 Å². The van der Waals surface area contributed by atoms with E-state index < -0.39 is 6.04 Å². The van der Waals surface area contributed by atoms with E-state index in [2.05, 4.69) is 10.6 Å². The molecule has 4 N–H and O–H groups in total. The fourth-order valence-electron chi connectivity index (χ4n) is 4.03. The summed E-state index contributed by atoms with van der Waals surface area (Å²) in [4.78, 5) is 24.8. The molecule has 0 saturated heterocycles. The van der Waals surface area contributed by atoms with Crippen LogP contribution in [0.3, 0.4) is 0 Å². The number of anilines is 1. The lowest BCUT2D eigenvalue weighted by Gasteiger charge is -2.21. The zero-order valence-electron chi connectivity index (χ0n) is 20.0. The fraction of sp³-hybridized carbons (Fsp3) is 0.481. The lowest BCUT2D eigenvalue weighted by molar-refractivity contribution is -0.126. The first kappa shape index (κ1) is 24.8. The van der Waals surface area contributed by atoms with Crippen molar-refractivity contribution >= 4 is 17.5 Å². The van der Waals surface area contributed by atoms with Crippen LogP contribution in [0, 0.1) is 5.92 Å². The third-order valence-electron chi connectivity index (χ3n) is 5.80. The van der Waals surface area contributed by atoms with Gasteiger partial charge in [0, 0.05) is 18.2 Å². The summed E-state index contributed by atoms with van der Waals surface area (Å²) < 4.78 is 5.83. The predicted octanol–water partition coefficient (Wildman–Crippen LogP) is 4.57. The smallest absolute Gasteiger partial charge is 0.241 e. The summed E-state index contributed by atoms with van der Waals surface area (Å²) in [6.07, 6.45) is 5.95. The molecule has 6 nitrogen and oxygen atoms in total. The highest BCUT2D eigenvalue weighted by Gasteiger charge is 2.20. The maximum absolute atomic E-state index is 12.5. The minimum absolute atomic E-state index is 0.149. The number of benzene rings is 2. The Labute approximate surface area is 197 Å². The van der Waals surface area contributed by atoms with Gasteiger partial charge in [0.05, 0.1) is 6.04 Å². The van der Waals surface area contributed by atoms with Gasteiger partial charge in [-0.05, 0) is 75.4 Å². The van der Waals surface area contributed by atoms with Gasteiger partial charge < -0.3 is 21.1 Å². The summed E-state index contributed by atoms with van der Waals surface area (Å²) in [5, 5.41) is 5.91. The standard InChI is InChI=1S/C27H37N3O3/c1-27(2,3)33-23-15-11-19(12-16-23)17-24(28)26(32)30-22-13-9-20(10-14-22)18-29-25(31)21-7-5-4-6-8-21/h9-16,21,24H,4-8,17-18,28H2,1-3H3,(H,29,31)(H,30,32). The van der Waals surface area contributed by atoms with Crippen molar-refractivity contribution in [3.63, 3.8) is 0 Å². The first-order valence-corrected chi connectivity index (χ1v) is 11.9. The molecule has 6 heteroatoms. The Bertz CT molecular complexity index is 911. The van der Waals surface area contributed by atoms with E-state index in [1.807, 2.05) is 69.3 Å². The van der Waals surface area contributed by atoms with Crippen molar-refractivity contribution in [1.82, 2.24) is 5.32 Å². The molecule has 0 heterocycles. The molecule has 0 spiro atoms. The topological polar surface area (TPSA) is 93.4 Å². The lowest BCUT2D eigenvalue weighted by atomic mass is 9.88. The molecule has 2 aromatic rings. The Morgan fingerprint density at radius 1 is 0.970 bits per heavy atom. The first-order chi connectivity index (χ1) is 15.7. The van der Waals surface area contributed by atoms with E-state index in [1.165, 1.54) is 6.42 Å². The van der Waals surface area contributed by atoms with Gasteiger partial charge in [0.15, 0.2) is 0 Å². The van der Waals surface area contributed by atoms with Gasteiger partial charge in [-0.1, -0.05) is 43.5 Å². The van der Waals surface area contributed by atoms with Crippen LogP contribution in [0.5, 0.6) is 5.75 Å². The third-order valence-corrected chi connectivity index (χ3v) is 5.80. The summed E-state index contributed by atoms with van der Waals surface area (Å²) in [6, 6.07) is 14.5. The van der Waals surface area contributed by atoms with Crippen LogP contribution in [-0.4, -0.2) is 23.5 Å². The van der Waals surface area contributed by atoms with Crippen molar-refractivity contribution in [2.45, 2.75) is 77.5 Å². The van der Waals surface area contributed by atoms with Crippen LogP contribution in [-0.2, 0) is 22.6 Å². The number of carbonyl (C=O) groups is 2. The minimum atomic E-state index is -0.658. The molecule has 1 unspecified atom stereocenters. The molecule has 1 fully saturated rings. The molecule has 1 aliphatic carbocycles. The quantitative estimate of drug-likeness (QED) is 0.548. The van der Waals surface area contributed by atoms with Crippen molar-refractivity contribution in [2.24, 2.45) is 11.7 Å². The van der Waals surface area contributed by atoms with Gasteiger partial charge in [-0.25, -0.2) is 0 Å². The number of carbonyl (C=O) groups excluding carboxylic acids is 2. The van der Waals surface area contributed by atoms with Crippen LogP contribution in [0.25, 0.3) is 0 Å². The monoisotopic (exact) mass is 451 g/mol. The second-order valence-corrected chi connectivity index (χ2v) is 9.91. The summed E-state index contributed by atoms with van der Waals surface area (Å²) in [5.41, 5.74) is 8.53. The van der Waals surface area contributed by atoms with Crippen LogP contribution >= 0.6 is 0 Å². The van der Waals surface area contributed by atoms with Gasteiger partial charge >= 0.3 is 0 Å². The molecule has 2 aromatic carbocycles. The molecule has 33 heavy (non-hydrogen) atoms. The molecule has 1 atom stereocenters. The Balaban J connectivity index is 1.45. The van der Waals surface area contributed by atoms with E-state index in [9.17, 15) is 9.59 Å². The van der Waals surface area contributed by atoms with Gasteiger partial charge in [-0.3, -0.25) is 9.59 Å². The zero-order valence-corrected chi connectivity index (χ0v) is 20.0. The van der Waals surface area contributed by atoms with Crippen molar-refractivity contribution in [3.8, 4) is 5.75 Å². The predicted molar refractivity (Wildman–Crippen MR) is 132 cm³/mol. The highest BCUT2D eigenvalue weighted by molar-refractivity contribution is 5.94. The van der Waals surface area contributed by atoms with Crippen molar-refractivity contribution in [1.29, 1.82) is 0 Å². The van der Waals surface area contributed by atoms with E-state index in [0.29, 0.717) is 18.7 Å². The van der Waals surface area contributed by atoms with Gasteiger partial charge in [-0.2, -0.15) is 0 Å². The van der Waals surface area contributed by atoms with Crippen molar-refractivity contribution in [3.05, 3.63) is 59.7 Å². The van der Waals surface area contributed by atoms with Crippen LogP contribution < -0.4 is 21.1 Å². The number of amides is 2. The van der Waals surface area contributed by atoms with Crippen LogP contribution in [0.15, 0.2) is 48.5 Å². The molecular weight excluding hydrogens is 414 g/mol. The van der Waals surface area contributed by atoms with E-state index in [-0.39, 0.29) is 23.3 Å². The molecule has 2 amide bonds. The molecule has 178 valence electrons. The van der Waals surface area contributed by atoms with Crippen molar-refractivity contribution in [2.75, 3.05) is 5.32 Å². The molecular formula is C27H37N3O3. The Kier molecular flexibility index (Phi) is 8.50. The van der Waals surface area contributed by atoms with Crippen LogP contribution in [0.2, 0.25) is 0 Å². The van der Waals surface area contributed by atoms with Gasteiger partial charge in [0.25, 0.3) is 0 Å². The summed E-state index contributed by atoms with van der Waals surface area (Å²) >= 11 is 0. The molecule has 0 aliphatic heterocycles. The molecule has 1 saturated carbocycles. The average molecular weight is 452 g/mol. The second kappa shape index (κ2) is 11.3. The SMILES string of the molecule is CC(C)(C)Oc1ccc(CC(N)C(=O)Nc2ccc(CNC(=O)C3CCCCC3)cc2)cc1. The average Bonchev–Trinajstić information content (AvgIpc) is 2.79. The number of nitrogens with two attached hydrogens (primary N) is 1. The second-order valence-electron chi connectivity index (χ2n) is 9.91. The maximum Gasteiger partial charge on any atom is 0.241 e. The largest absolute Gasteiger partial charge is 0.488 e. The summed E-state index contributed by atoms with van der Waals surface area (Å²) in [5.74, 6) is 0.861. The normalized spacial score (nSPS) is 15.5. The molecule has 0 bridgehead atoms. The molecule has 0 radical (unpaired) electrons. The third kappa shape index (κ3) is 8.21. The molecule has 0 aromatic heterocycles. The number of ether oxygens (including phenoxy) is 1. The zero-order chi connectivity index (χ0) is 23.8. The van der Waals surface area contributed by atoms with E-state index in [4.69, 9.17) is 10.5 Å². The van der Waals surface area contributed by atoms with Crippen molar-refractivity contribution < 1.29 is 14.3 Å². The number of rotatable bonds is 8.